The number of hydrogen-bond donors (Lipinski definition) is 2. The first-order chi connectivity index (χ1) is 11.8. The number of nitrogens with one attached hydrogen (secondary N) is 2. The van der Waals surface area contributed by atoms with E-state index in [1.807, 2.05) is 0 Å². The smallest absolute Gasteiger partial charge is 0.245 e. The fraction of sp³-hybridized carbons (Fsp3) is 0.588. The van der Waals surface area contributed by atoms with Gasteiger partial charge in [-0.2, -0.15) is 0 Å². The molecule has 3 rings (SSSR count). The SMILES string of the molecule is CS(=O)(=O)C1(C(=O)Nc2ccc(OC3CCC3)c(F)c2)CCNCC1.Cl. The Balaban J connectivity index is 0.00000243. The molecule has 2 N–H and O–H groups in total. The minimum absolute atomic E-state index is 0. The Morgan fingerprint density at radius 3 is 2.46 bits per heavy atom. The van der Waals surface area contributed by atoms with Crippen LogP contribution in [0.4, 0.5) is 10.1 Å². The van der Waals surface area contributed by atoms with E-state index in [-0.39, 0.29) is 42.8 Å². The number of amides is 1. The van der Waals surface area contributed by atoms with Gasteiger partial charge in [0.05, 0.1) is 6.10 Å². The molecule has 2 fully saturated rings. The molecule has 0 radical (unpaired) electrons. The van der Waals surface area contributed by atoms with Crippen LogP contribution in [0.3, 0.4) is 0 Å². The van der Waals surface area contributed by atoms with Crippen LogP contribution in [0, 0.1) is 5.82 Å². The first-order valence-corrected chi connectivity index (χ1v) is 10.4. The highest BCUT2D eigenvalue weighted by Gasteiger charge is 2.48. The third kappa shape index (κ3) is 4.13. The lowest BCUT2D eigenvalue weighted by molar-refractivity contribution is -0.119. The van der Waals surface area contributed by atoms with Gasteiger partial charge in [-0.15, -0.1) is 12.4 Å². The molecule has 1 saturated carbocycles. The second-order valence-electron chi connectivity index (χ2n) is 6.79. The van der Waals surface area contributed by atoms with E-state index in [1.54, 1.807) is 0 Å². The Bertz CT molecular complexity index is 762. The summed E-state index contributed by atoms with van der Waals surface area (Å²) >= 11 is 0. The van der Waals surface area contributed by atoms with E-state index >= 15 is 0 Å². The lowest BCUT2D eigenvalue weighted by Gasteiger charge is -2.34. The number of hydrogen-bond acceptors (Lipinski definition) is 5. The Morgan fingerprint density at radius 2 is 1.96 bits per heavy atom. The maximum atomic E-state index is 14.2. The molecule has 0 bridgehead atoms. The number of sulfone groups is 1. The normalized spacial score (nSPS) is 19.8. The minimum Gasteiger partial charge on any atom is -0.487 e. The molecule has 1 aliphatic heterocycles. The van der Waals surface area contributed by atoms with Crippen molar-refractivity contribution < 1.29 is 22.3 Å². The van der Waals surface area contributed by atoms with Gasteiger partial charge in [0.2, 0.25) is 5.91 Å². The molecule has 146 valence electrons. The third-order valence-corrected chi connectivity index (χ3v) is 7.08. The maximum Gasteiger partial charge on any atom is 0.245 e. The van der Waals surface area contributed by atoms with Crippen molar-refractivity contribution in [1.29, 1.82) is 0 Å². The van der Waals surface area contributed by atoms with Gasteiger partial charge in [0.1, 0.15) is 0 Å². The number of carbonyl (C=O) groups excluding carboxylic acids is 1. The van der Waals surface area contributed by atoms with Crippen LogP contribution in [0.25, 0.3) is 0 Å². The summed E-state index contributed by atoms with van der Waals surface area (Å²) in [6, 6.07) is 4.17. The number of halogens is 2. The van der Waals surface area contributed by atoms with Gasteiger partial charge >= 0.3 is 0 Å². The monoisotopic (exact) mass is 406 g/mol. The van der Waals surface area contributed by atoms with Gasteiger partial charge in [0, 0.05) is 18.0 Å². The second-order valence-corrected chi connectivity index (χ2v) is 9.11. The van der Waals surface area contributed by atoms with Crippen molar-refractivity contribution in [1.82, 2.24) is 5.32 Å². The van der Waals surface area contributed by atoms with Crippen LogP contribution in [-0.4, -0.2) is 44.5 Å². The average Bonchev–Trinajstić information content (AvgIpc) is 2.52. The summed E-state index contributed by atoms with van der Waals surface area (Å²) in [5, 5.41) is 5.62. The van der Waals surface area contributed by atoms with Gasteiger partial charge in [-0.3, -0.25) is 4.79 Å². The highest BCUT2D eigenvalue weighted by Crippen LogP contribution is 2.31. The molecule has 1 aromatic rings. The van der Waals surface area contributed by atoms with Crippen molar-refractivity contribution in [3.63, 3.8) is 0 Å². The van der Waals surface area contributed by atoms with E-state index in [9.17, 15) is 17.6 Å². The van der Waals surface area contributed by atoms with Crippen LogP contribution >= 0.6 is 12.4 Å². The summed E-state index contributed by atoms with van der Waals surface area (Å²) in [5.74, 6) is -1.02. The van der Waals surface area contributed by atoms with Gasteiger partial charge in [0.15, 0.2) is 26.2 Å². The van der Waals surface area contributed by atoms with Crippen LogP contribution < -0.4 is 15.4 Å². The molecule has 9 heteroatoms. The van der Waals surface area contributed by atoms with Crippen molar-refractivity contribution in [3.05, 3.63) is 24.0 Å². The van der Waals surface area contributed by atoms with Crippen LogP contribution in [0.5, 0.6) is 5.75 Å². The molecule has 1 amide bonds. The fourth-order valence-electron chi connectivity index (χ4n) is 3.18. The molecule has 1 saturated heterocycles. The largest absolute Gasteiger partial charge is 0.487 e. The molecule has 6 nitrogen and oxygen atoms in total. The first-order valence-electron chi connectivity index (χ1n) is 8.50. The number of carbonyl (C=O) groups is 1. The standard InChI is InChI=1S/C17H23FN2O4S.ClH/c1-25(22,23)17(7-9-19-10-8-17)16(21)20-12-5-6-15(14(18)11-12)24-13-3-2-4-13;/h5-6,11,13,19H,2-4,7-10H2,1H3,(H,20,21);1H. The summed E-state index contributed by atoms with van der Waals surface area (Å²) in [4.78, 5) is 12.7. The first kappa shape index (κ1) is 20.9. The summed E-state index contributed by atoms with van der Waals surface area (Å²) in [6.07, 6.45) is 4.45. The van der Waals surface area contributed by atoms with Gasteiger partial charge < -0.3 is 15.4 Å². The van der Waals surface area contributed by atoms with E-state index in [0.717, 1.165) is 25.5 Å². The Labute approximate surface area is 159 Å². The van der Waals surface area contributed by atoms with Gasteiger partial charge in [-0.05, 0) is 57.3 Å². The van der Waals surface area contributed by atoms with Crippen LogP contribution in [0.2, 0.25) is 0 Å². The van der Waals surface area contributed by atoms with Crippen LogP contribution in [0.15, 0.2) is 18.2 Å². The molecule has 2 aliphatic rings. The van der Waals surface area contributed by atoms with Crippen molar-refractivity contribution in [2.24, 2.45) is 0 Å². The summed E-state index contributed by atoms with van der Waals surface area (Å²) in [7, 11) is -3.61. The maximum absolute atomic E-state index is 14.2. The highest BCUT2D eigenvalue weighted by molar-refractivity contribution is 7.92. The van der Waals surface area contributed by atoms with Gasteiger partial charge in [-0.25, -0.2) is 12.8 Å². The molecule has 0 spiro atoms. The van der Waals surface area contributed by atoms with Crippen LogP contribution in [-0.2, 0) is 14.6 Å². The van der Waals surface area contributed by atoms with E-state index in [1.165, 1.54) is 18.2 Å². The Kier molecular flexibility index (Phi) is 6.52. The van der Waals surface area contributed by atoms with Crippen molar-refractivity contribution in [2.75, 3.05) is 24.7 Å². The van der Waals surface area contributed by atoms with Crippen molar-refractivity contribution >= 4 is 33.8 Å². The topological polar surface area (TPSA) is 84.5 Å². The number of benzene rings is 1. The molecule has 0 unspecified atom stereocenters. The van der Waals surface area contributed by atoms with Gasteiger partial charge in [0.25, 0.3) is 0 Å². The minimum atomic E-state index is -3.61. The zero-order valence-electron chi connectivity index (χ0n) is 14.6. The van der Waals surface area contributed by atoms with E-state index in [2.05, 4.69) is 10.6 Å². The lowest BCUT2D eigenvalue weighted by Crippen LogP contribution is -2.55. The third-order valence-electron chi connectivity index (χ3n) is 5.07. The second kappa shape index (κ2) is 8.10. The van der Waals surface area contributed by atoms with E-state index in [4.69, 9.17) is 4.74 Å². The van der Waals surface area contributed by atoms with E-state index in [0.29, 0.717) is 13.1 Å². The predicted octanol–water partition coefficient (Wildman–Crippen LogP) is 2.28. The number of anilines is 1. The van der Waals surface area contributed by atoms with Crippen LogP contribution in [0.1, 0.15) is 32.1 Å². The zero-order chi connectivity index (χ0) is 18.1. The zero-order valence-corrected chi connectivity index (χ0v) is 16.2. The van der Waals surface area contributed by atoms with Crippen molar-refractivity contribution in [3.8, 4) is 5.75 Å². The molecule has 1 aliphatic carbocycles. The van der Waals surface area contributed by atoms with Crippen molar-refractivity contribution in [2.45, 2.75) is 43.0 Å². The summed E-state index contributed by atoms with van der Waals surface area (Å²) in [6.45, 7) is 0.895. The number of piperidine rings is 1. The summed E-state index contributed by atoms with van der Waals surface area (Å²) in [5.41, 5.74) is 0.227. The highest BCUT2D eigenvalue weighted by atomic mass is 35.5. The number of ether oxygens (including phenoxy) is 1. The average molecular weight is 407 g/mol. The number of rotatable bonds is 5. The lowest BCUT2D eigenvalue weighted by atomic mass is 9.95. The summed E-state index contributed by atoms with van der Waals surface area (Å²) < 4.78 is 42.7. The van der Waals surface area contributed by atoms with E-state index < -0.39 is 26.3 Å². The quantitative estimate of drug-likeness (QED) is 0.783. The molecular weight excluding hydrogens is 383 g/mol. The Morgan fingerprint density at radius 1 is 1.31 bits per heavy atom. The predicted molar refractivity (Wildman–Crippen MR) is 100 cm³/mol. The molecule has 1 heterocycles. The molecule has 1 aromatic carbocycles. The molecule has 0 atom stereocenters. The fourth-order valence-corrected chi connectivity index (χ4v) is 4.52. The van der Waals surface area contributed by atoms with Gasteiger partial charge in [-0.1, -0.05) is 0 Å². The molecular formula is C17H24ClFN2O4S. The molecule has 26 heavy (non-hydrogen) atoms. The Hall–Kier alpha value is -1.38. The molecule has 0 aromatic heterocycles.